The van der Waals surface area contributed by atoms with Gasteiger partial charge in [0.25, 0.3) is 5.89 Å². The number of nitrogens with one attached hydrogen (secondary N) is 3. The summed E-state index contributed by atoms with van der Waals surface area (Å²) in [6.07, 6.45) is 1.47. The van der Waals surface area contributed by atoms with Gasteiger partial charge < -0.3 is 30.2 Å². The van der Waals surface area contributed by atoms with Crippen LogP contribution in [0.4, 0.5) is 4.79 Å². The van der Waals surface area contributed by atoms with E-state index in [4.69, 9.17) is 9.15 Å². The number of allylic oxidation sites excluding steroid dienone is 1. The minimum Gasteiger partial charge on any atom is -0.481 e. The quantitative estimate of drug-likeness (QED) is 0.154. The summed E-state index contributed by atoms with van der Waals surface area (Å²) in [5, 5.41) is 16.4. The Kier molecular flexibility index (Phi) is 17.3. The van der Waals surface area contributed by atoms with Gasteiger partial charge in [-0.05, 0) is 18.4 Å². The second-order valence-electron chi connectivity index (χ2n) is 9.54. The minimum absolute atomic E-state index is 0.0118. The average molecular weight is 623 g/mol. The molecule has 3 aromatic rings. The number of ether oxygens (including phenoxy) is 1. The van der Waals surface area contributed by atoms with Gasteiger partial charge in [0.1, 0.15) is 30.6 Å². The van der Waals surface area contributed by atoms with Gasteiger partial charge in [0, 0.05) is 5.56 Å². The fraction of sp³-hybridized carbons (Fsp3) is 0.333. The minimum atomic E-state index is -1.49. The lowest BCUT2D eigenvalue weighted by Gasteiger charge is -2.21. The van der Waals surface area contributed by atoms with Crippen LogP contribution in [0.5, 0.6) is 0 Å². The zero-order valence-corrected chi connectivity index (χ0v) is 26.2. The molecular weight excluding hydrogens is 580 g/mol. The van der Waals surface area contributed by atoms with Gasteiger partial charge in [0.15, 0.2) is 0 Å². The van der Waals surface area contributed by atoms with Crippen LogP contribution in [0.25, 0.3) is 11.3 Å². The first-order valence-electron chi connectivity index (χ1n) is 14.4. The predicted octanol–water partition coefficient (Wildman–Crippen LogP) is 4.77. The molecule has 0 radical (unpaired) electrons. The van der Waals surface area contributed by atoms with E-state index in [1.54, 1.807) is 68.5 Å². The number of hydrogen-bond acceptors (Lipinski definition) is 8. The molecule has 2 atom stereocenters. The Hall–Kier alpha value is -5.26. The third-order valence-electron chi connectivity index (χ3n) is 5.67. The summed E-state index contributed by atoms with van der Waals surface area (Å²) < 4.78 is 10.4. The Morgan fingerprint density at radius 3 is 2.11 bits per heavy atom. The van der Waals surface area contributed by atoms with Crippen molar-refractivity contribution in [2.75, 3.05) is 6.54 Å². The van der Waals surface area contributed by atoms with Crippen LogP contribution in [0.2, 0.25) is 0 Å². The van der Waals surface area contributed by atoms with Crippen LogP contribution in [-0.4, -0.2) is 58.4 Å². The number of amides is 3. The smallest absolute Gasteiger partial charge is 0.408 e. The molecule has 12 heteroatoms. The van der Waals surface area contributed by atoms with Crippen molar-refractivity contribution in [1.29, 1.82) is 0 Å². The Morgan fingerprint density at radius 2 is 1.56 bits per heavy atom. The maximum Gasteiger partial charge on any atom is 0.408 e. The van der Waals surface area contributed by atoms with E-state index in [0.717, 1.165) is 5.56 Å². The van der Waals surface area contributed by atoms with E-state index < -0.39 is 54.7 Å². The molecule has 0 aliphatic carbocycles. The number of alkyl carbamates (subject to hydrolysis) is 1. The van der Waals surface area contributed by atoms with Crippen LogP contribution in [0, 0.1) is 5.92 Å². The highest BCUT2D eigenvalue weighted by atomic mass is 16.5. The topological polar surface area (TPSA) is 177 Å². The number of benzene rings is 2. The van der Waals surface area contributed by atoms with Crippen molar-refractivity contribution in [2.45, 2.75) is 59.7 Å². The molecule has 0 saturated carbocycles. The molecule has 3 amide bonds. The molecule has 1 heterocycles. The predicted molar refractivity (Wildman–Crippen MR) is 169 cm³/mol. The largest absolute Gasteiger partial charge is 0.481 e. The molecule has 2 aromatic carbocycles. The highest BCUT2D eigenvalue weighted by molar-refractivity contribution is 6.01. The Morgan fingerprint density at radius 1 is 0.978 bits per heavy atom. The molecule has 0 fully saturated rings. The number of ketones is 1. The van der Waals surface area contributed by atoms with Crippen LogP contribution >= 0.6 is 0 Å². The number of hydrogen-bond donors (Lipinski definition) is 4. The first-order chi connectivity index (χ1) is 21.5. The molecule has 242 valence electrons. The van der Waals surface area contributed by atoms with Gasteiger partial charge in [-0.1, -0.05) is 94.4 Å². The third kappa shape index (κ3) is 13.7. The zero-order valence-electron chi connectivity index (χ0n) is 26.2. The second-order valence-corrected chi connectivity index (χ2v) is 9.54. The summed E-state index contributed by atoms with van der Waals surface area (Å²) in [6.45, 7) is 12.1. The standard InChI is InChI=1S/C28H30N4O8.C3H6.C2H6/c1-17(2)24(32-28(38)40-15-18-9-5-3-6-10-18)26(37)29-14-22(33)30-20(13-23(34)35)25(36)27-31-21(16-39-27)19-11-7-4-8-12-19;1-3-2;1-2/h3-12,16-17,20,24H,13-15H2,1-2H3,(H,29,37)(H,30,33)(H,32,38)(H,34,35);3H,1H2,2H3;1-2H3. The van der Waals surface area contributed by atoms with Crippen molar-refractivity contribution >= 4 is 29.7 Å². The fourth-order valence-electron chi connectivity index (χ4n) is 3.61. The Labute approximate surface area is 263 Å². The van der Waals surface area contributed by atoms with Crippen LogP contribution in [-0.2, 0) is 25.7 Å². The summed E-state index contributed by atoms with van der Waals surface area (Å²) in [5.41, 5.74) is 1.82. The summed E-state index contributed by atoms with van der Waals surface area (Å²) >= 11 is 0. The maximum absolute atomic E-state index is 12.9. The lowest BCUT2D eigenvalue weighted by molar-refractivity contribution is -0.137. The molecule has 2 unspecified atom stereocenters. The van der Waals surface area contributed by atoms with E-state index in [0.29, 0.717) is 11.3 Å². The molecule has 12 nitrogen and oxygen atoms in total. The summed E-state index contributed by atoms with van der Waals surface area (Å²) in [7, 11) is 0. The molecule has 45 heavy (non-hydrogen) atoms. The van der Waals surface area contributed by atoms with Crippen molar-refractivity contribution < 1.29 is 38.2 Å². The van der Waals surface area contributed by atoms with E-state index in [2.05, 4.69) is 27.5 Å². The van der Waals surface area contributed by atoms with Gasteiger partial charge >= 0.3 is 12.1 Å². The van der Waals surface area contributed by atoms with Crippen molar-refractivity contribution in [3.05, 3.63) is 91.0 Å². The fourth-order valence-corrected chi connectivity index (χ4v) is 3.61. The van der Waals surface area contributed by atoms with Gasteiger partial charge in [-0.2, -0.15) is 0 Å². The summed E-state index contributed by atoms with van der Waals surface area (Å²) in [4.78, 5) is 65.8. The number of carbonyl (C=O) groups excluding carboxylic acids is 4. The maximum atomic E-state index is 12.9. The molecule has 0 aliphatic heterocycles. The number of carboxylic acids is 1. The van der Waals surface area contributed by atoms with Crippen molar-refractivity contribution in [3.8, 4) is 11.3 Å². The van der Waals surface area contributed by atoms with Crippen molar-refractivity contribution in [3.63, 3.8) is 0 Å². The van der Waals surface area contributed by atoms with Gasteiger partial charge in [-0.15, -0.1) is 6.58 Å². The number of aromatic nitrogens is 1. The van der Waals surface area contributed by atoms with Crippen LogP contribution < -0.4 is 16.0 Å². The van der Waals surface area contributed by atoms with Gasteiger partial charge in [0.05, 0.1) is 13.0 Å². The molecule has 0 bridgehead atoms. The molecule has 4 N–H and O–H groups in total. The number of nitrogens with zero attached hydrogens (tertiary/aromatic N) is 1. The van der Waals surface area contributed by atoms with Crippen LogP contribution in [0.3, 0.4) is 0 Å². The number of carbonyl (C=O) groups is 5. The van der Waals surface area contributed by atoms with Crippen molar-refractivity contribution in [1.82, 2.24) is 20.9 Å². The number of carboxylic acid groups (broad SMARTS) is 1. The third-order valence-corrected chi connectivity index (χ3v) is 5.67. The highest BCUT2D eigenvalue weighted by Gasteiger charge is 2.30. The van der Waals surface area contributed by atoms with Crippen molar-refractivity contribution in [2.24, 2.45) is 5.92 Å². The zero-order chi connectivity index (χ0) is 33.8. The average Bonchev–Trinajstić information content (AvgIpc) is 3.53. The van der Waals surface area contributed by atoms with E-state index in [1.807, 2.05) is 32.9 Å². The lowest BCUT2D eigenvalue weighted by Crippen LogP contribution is -2.52. The van der Waals surface area contributed by atoms with Gasteiger partial charge in [-0.3, -0.25) is 19.2 Å². The Balaban J connectivity index is 0.00000191. The summed E-state index contributed by atoms with van der Waals surface area (Å²) in [6, 6.07) is 15.4. The normalized spacial score (nSPS) is 11.2. The monoisotopic (exact) mass is 622 g/mol. The lowest BCUT2D eigenvalue weighted by atomic mass is 10.0. The van der Waals surface area contributed by atoms with Gasteiger partial charge in [-0.25, -0.2) is 9.78 Å². The molecule has 0 aliphatic rings. The first-order valence-corrected chi connectivity index (χ1v) is 14.4. The van der Waals surface area contributed by atoms with Crippen LogP contribution in [0.15, 0.2) is 84.0 Å². The molecule has 3 rings (SSSR count). The second kappa shape index (κ2) is 20.6. The molecule has 0 saturated heterocycles. The first kappa shape index (κ1) is 37.8. The number of Topliss-reactive ketones (excluding diaryl/α,β-unsaturated/α-hetero) is 1. The van der Waals surface area contributed by atoms with E-state index in [-0.39, 0.29) is 18.4 Å². The number of aliphatic carboxylic acids is 1. The number of oxazole rings is 1. The highest BCUT2D eigenvalue weighted by Crippen LogP contribution is 2.19. The SMILES string of the molecule is C=CC.CC.CC(C)C(NC(=O)OCc1ccccc1)C(=O)NCC(=O)NC(CC(=O)O)C(=O)c1nc(-c2ccccc2)co1. The van der Waals surface area contributed by atoms with Gasteiger partial charge in [0.2, 0.25) is 17.6 Å². The van der Waals surface area contributed by atoms with E-state index in [1.165, 1.54) is 6.26 Å². The molecule has 0 spiro atoms. The summed E-state index contributed by atoms with van der Waals surface area (Å²) in [5.74, 6) is -4.38. The molecule has 1 aromatic heterocycles. The van der Waals surface area contributed by atoms with E-state index >= 15 is 0 Å². The Bertz CT molecular complexity index is 1370. The molecular formula is C33H42N4O8. The van der Waals surface area contributed by atoms with E-state index in [9.17, 15) is 29.1 Å². The van der Waals surface area contributed by atoms with Crippen LogP contribution in [0.1, 0.15) is 57.3 Å². The number of rotatable bonds is 13.